The van der Waals surface area contributed by atoms with E-state index in [9.17, 15) is 22.8 Å². The average Bonchev–Trinajstić information content (AvgIpc) is 2.60. The zero-order chi connectivity index (χ0) is 21.2. The smallest absolute Gasteiger partial charge is 0.353 e. The predicted octanol–water partition coefficient (Wildman–Crippen LogP) is 2.46. The lowest BCUT2D eigenvalue weighted by Gasteiger charge is -2.44. The number of benzene rings is 1. The number of likely N-dealkylation sites (N-methyl/N-ethyl adjacent to an activating group) is 1. The number of nitrogens with zero attached hydrogens (tertiary/aromatic N) is 4. The molecule has 10 heteroatoms. The lowest BCUT2D eigenvalue weighted by Crippen LogP contribution is -2.59. The molecule has 1 N–H and O–H groups in total. The maximum absolute atomic E-state index is 12.8. The molecule has 1 aromatic carbocycles. The normalized spacial score (nSPS) is 14.6. The Balaban J connectivity index is 1.49. The molecule has 2 aromatic rings. The van der Waals surface area contributed by atoms with Crippen LogP contribution in [0.15, 0.2) is 36.7 Å². The fourth-order valence-corrected chi connectivity index (χ4v) is 2.94. The largest absolute Gasteiger partial charge is 0.433 e. The molecule has 0 aliphatic carbocycles. The Labute approximate surface area is 165 Å². The molecule has 29 heavy (non-hydrogen) atoms. The number of hydrogen-bond acceptors (Lipinski definition) is 6. The highest BCUT2D eigenvalue weighted by Gasteiger charge is 2.36. The van der Waals surface area contributed by atoms with Gasteiger partial charge in [-0.2, -0.15) is 13.2 Å². The topological polar surface area (TPSA) is 78.4 Å². The molecule has 1 aliphatic rings. The summed E-state index contributed by atoms with van der Waals surface area (Å²) in [6.07, 6.45) is -3.61. The predicted molar refractivity (Wildman–Crippen MR) is 101 cm³/mol. The van der Waals surface area contributed by atoms with Crippen LogP contribution >= 0.6 is 0 Å². The highest BCUT2D eigenvalue weighted by atomic mass is 19.4. The minimum absolute atomic E-state index is 0.0186. The van der Waals surface area contributed by atoms with E-state index in [0.29, 0.717) is 24.3 Å². The summed E-state index contributed by atoms with van der Waals surface area (Å²) >= 11 is 0. The SMILES string of the molecule is CC(=O)c1ccc(NC(=O)CN(C)C2CN(c3cc(C(F)(F)F)ncn3)C2)cc1. The van der Waals surface area contributed by atoms with E-state index in [0.717, 1.165) is 12.4 Å². The van der Waals surface area contributed by atoms with Crippen LogP contribution in [0.1, 0.15) is 23.0 Å². The van der Waals surface area contributed by atoms with Crippen molar-refractivity contribution in [3.63, 3.8) is 0 Å². The van der Waals surface area contributed by atoms with Crippen LogP contribution in [-0.4, -0.2) is 59.3 Å². The molecule has 2 heterocycles. The van der Waals surface area contributed by atoms with Gasteiger partial charge in [0.2, 0.25) is 5.91 Å². The first-order valence-electron chi connectivity index (χ1n) is 8.89. The Kier molecular flexibility index (Phi) is 5.83. The van der Waals surface area contributed by atoms with Crippen LogP contribution in [0.25, 0.3) is 0 Å². The summed E-state index contributed by atoms with van der Waals surface area (Å²) in [6.45, 7) is 2.52. The minimum atomic E-state index is -4.51. The van der Waals surface area contributed by atoms with Crippen molar-refractivity contribution in [3.05, 3.63) is 47.9 Å². The summed E-state index contributed by atoms with van der Waals surface area (Å²) in [5.41, 5.74) is 0.173. The van der Waals surface area contributed by atoms with E-state index < -0.39 is 11.9 Å². The molecule has 0 bridgehead atoms. The van der Waals surface area contributed by atoms with Crippen molar-refractivity contribution in [2.75, 3.05) is 36.9 Å². The number of Topliss-reactive ketones (excluding diaryl/α,β-unsaturated/α-hetero) is 1. The zero-order valence-electron chi connectivity index (χ0n) is 15.9. The maximum atomic E-state index is 12.8. The van der Waals surface area contributed by atoms with Gasteiger partial charge < -0.3 is 10.2 Å². The number of carbonyl (C=O) groups excluding carboxylic acids is 2. The molecule has 0 saturated carbocycles. The molecule has 0 radical (unpaired) electrons. The van der Waals surface area contributed by atoms with Gasteiger partial charge in [0, 0.05) is 36.4 Å². The molecule has 3 rings (SSSR count). The summed E-state index contributed by atoms with van der Waals surface area (Å²) in [5, 5.41) is 2.76. The number of alkyl halides is 3. The average molecular weight is 407 g/mol. The van der Waals surface area contributed by atoms with Crippen molar-refractivity contribution in [3.8, 4) is 0 Å². The summed E-state index contributed by atoms with van der Waals surface area (Å²) in [6, 6.07) is 7.54. The zero-order valence-corrected chi connectivity index (χ0v) is 15.9. The molecule has 1 amide bonds. The molecule has 0 atom stereocenters. The Morgan fingerprint density at radius 1 is 1.21 bits per heavy atom. The van der Waals surface area contributed by atoms with Gasteiger partial charge >= 0.3 is 6.18 Å². The second-order valence-electron chi connectivity index (χ2n) is 6.91. The van der Waals surface area contributed by atoms with E-state index in [4.69, 9.17) is 0 Å². The highest BCUT2D eigenvalue weighted by molar-refractivity contribution is 5.96. The summed E-state index contributed by atoms with van der Waals surface area (Å²) in [4.78, 5) is 34.2. The number of halogens is 3. The van der Waals surface area contributed by atoms with Gasteiger partial charge in [-0.15, -0.1) is 0 Å². The van der Waals surface area contributed by atoms with Crippen LogP contribution < -0.4 is 10.2 Å². The van der Waals surface area contributed by atoms with E-state index in [1.807, 2.05) is 4.90 Å². The van der Waals surface area contributed by atoms with Gasteiger partial charge in [0.05, 0.1) is 6.54 Å². The van der Waals surface area contributed by atoms with Gasteiger partial charge in [-0.1, -0.05) is 0 Å². The van der Waals surface area contributed by atoms with E-state index in [1.165, 1.54) is 6.92 Å². The van der Waals surface area contributed by atoms with Crippen LogP contribution in [0.2, 0.25) is 0 Å². The van der Waals surface area contributed by atoms with Crippen molar-refractivity contribution < 1.29 is 22.8 Å². The second kappa shape index (κ2) is 8.16. The molecule has 1 saturated heterocycles. The van der Waals surface area contributed by atoms with Crippen LogP contribution in [-0.2, 0) is 11.0 Å². The van der Waals surface area contributed by atoms with Gasteiger partial charge in [0.15, 0.2) is 5.78 Å². The third kappa shape index (κ3) is 5.08. The van der Waals surface area contributed by atoms with E-state index in [1.54, 1.807) is 36.2 Å². The molecule has 1 fully saturated rings. The van der Waals surface area contributed by atoms with Crippen molar-refractivity contribution in [2.45, 2.75) is 19.1 Å². The van der Waals surface area contributed by atoms with E-state index >= 15 is 0 Å². The maximum Gasteiger partial charge on any atom is 0.433 e. The fourth-order valence-electron chi connectivity index (χ4n) is 2.94. The molecule has 0 spiro atoms. The van der Waals surface area contributed by atoms with Crippen LogP contribution in [0, 0.1) is 0 Å². The van der Waals surface area contributed by atoms with Gasteiger partial charge in [0.25, 0.3) is 0 Å². The van der Waals surface area contributed by atoms with E-state index in [2.05, 4.69) is 15.3 Å². The highest BCUT2D eigenvalue weighted by Crippen LogP contribution is 2.30. The first-order valence-corrected chi connectivity index (χ1v) is 8.89. The van der Waals surface area contributed by atoms with Crippen molar-refractivity contribution in [2.24, 2.45) is 0 Å². The van der Waals surface area contributed by atoms with Gasteiger partial charge in [-0.3, -0.25) is 14.5 Å². The third-order valence-electron chi connectivity index (χ3n) is 4.72. The third-order valence-corrected chi connectivity index (χ3v) is 4.72. The van der Waals surface area contributed by atoms with Gasteiger partial charge in [-0.25, -0.2) is 9.97 Å². The first kappa shape index (κ1) is 20.7. The summed E-state index contributed by atoms with van der Waals surface area (Å²) < 4.78 is 38.3. The van der Waals surface area contributed by atoms with Crippen molar-refractivity contribution in [1.29, 1.82) is 0 Å². The van der Waals surface area contributed by atoms with Crippen molar-refractivity contribution >= 4 is 23.2 Å². The Morgan fingerprint density at radius 2 is 1.86 bits per heavy atom. The van der Waals surface area contributed by atoms with Crippen molar-refractivity contribution in [1.82, 2.24) is 14.9 Å². The van der Waals surface area contributed by atoms with E-state index in [-0.39, 0.29) is 30.1 Å². The Morgan fingerprint density at radius 3 is 2.45 bits per heavy atom. The number of amides is 1. The molecule has 1 aromatic heterocycles. The Hall–Kier alpha value is -3.01. The quantitative estimate of drug-likeness (QED) is 0.742. The summed E-state index contributed by atoms with van der Waals surface area (Å²) in [7, 11) is 1.78. The van der Waals surface area contributed by atoms with Crippen LogP contribution in [0.3, 0.4) is 0 Å². The van der Waals surface area contributed by atoms with Crippen LogP contribution in [0.5, 0.6) is 0 Å². The molecule has 1 aliphatic heterocycles. The first-order chi connectivity index (χ1) is 13.6. The van der Waals surface area contributed by atoms with Gasteiger partial charge in [0.1, 0.15) is 17.8 Å². The number of ketones is 1. The lowest BCUT2D eigenvalue weighted by molar-refractivity contribution is -0.141. The number of rotatable bonds is 6. The number of anilines is 2. The molecular formula is C19H20F3N5O2. The second-order valence-corrected chi connectivity index (χ2v) is 6.91. The summed E-state index contributed by atoms with van der Waals surface area (Å²) in [5.74, 6) is -0.0573. The number of aromatic nitrogens is 2. The minimum Gasteiger partial charge on any atom is -0.353 e. The molecule has 0 unspecified atom stereocenters. The monoisotopic (exact) mass is 407 g/mol. The molecule has 154 valence electrons. The van der Waals surface area contributed by atoms with Crippen LogP contribution in [0.4, 0.5) is 24.7 Å². The lowest BCUT2D eigenvalue weighted by atomic mass is 10.1. The van der Waals surface area contributed by atoms with Gasteiger partial charge in [-0.05, 0) is 38.2 Å². The Bertz CT molecular complexity index is 895. The molecule has 7 nitrogen and oxygen atoms in total. The fraction of sp³-hybridized carbons (Fsp3) is 0.368. The number of nitrogens with one attached hydrogen (secondary N) is 1. The number of hydrogen-bond donors (Lipinski definition) is 1. The standard InChI is InChI=1S/C19H20F3N5O2/c1-12(28)13-3-5-14(6-4-13)25-18(29)10-26(2)15-8-27(9-15)17-7-16(19(20,21)22)23-11-24-17/h3-7,11,15H,8-10H2,1-2H3,(H,25,29). The molecular weight excluding hydrogens is 387 g/mol. The number of carbonyl (C=O) groups is 2.